The molecule has 2 aromatic rings. The number of anilines is 2. The van der Waals surface area contributed by atoms with Crippen LogP contribution in [0.25, 0.3) is 0 Å². The molecule has 0 atom stereocenters. The van der Waals surface area contributed by atoms with Gasteiger partial charge in [-0.1, -0.05) is 6.92 Å². The van der Waals surface area contributed by atoms with Crippen molar-refractivity contribution in [2.75, 3.05) is 16.6 Å². The zero-order chi connectivity index (χ0) is 15.3. The molecule has 114 valence electrons. The molecule has 0 saturated carbocycles. The molecule has 2 heterocycles. The minimum Gasteiger partial charge on any atom is -0.370 e. The number of aryl methyl sites for hydroxylation is 1. The summed E-state index contributed by atoms with van der Waals surface area (Å²) in [6, 6.07) is 2.98. The molecule has 8 heteroatoms. The van der Waals surface area contributed by atoms with Crippen molar-refractivity contribution < 1.29 is 8.42 Å². The van der Waals surface area contributed by atoms with Crippen LogP contribution in [0.3, 0.4) is 0 Å². The van der Waals surface area contributed by atoms with Gasteiger partial charge < -0.3 is 5.32 Å². The van der Waals surface area contributed by atoms with E-state index in [4.69, 9.17) is 0 Å². The predicted molar refractivity (Wildman–Crippen MR) is 81.7 cm³/mol. The van der Waals surface area contributed by atoms with E-state index in [1.807, 2.05) is 13.8 Å². The quantitative estimate of drug-likeness (QED) is 0.815. The van der Waals surface area contributed by atoms with Gasteiger partial charge in [-0.15, -0.1) is 0 Å². The third-order valence-electron chi connectivity index (χ3n) is 2.81. The van der Waals surface area contributed by atoms with Gasteiger partial charge in [-0.2, -0.15) is 5.10 Å². The lowest BCUT2D eigenvalue weighted by molar-refractivity contribution is 0.601. The summed E-state index contributed by atoms with van der Waals surface area (Å²) in [5.41, 5.74) is 0.441. The fourth-order valence-electron chi connectivity index (χ4n) is 1.73. The molecule has 0 aliphatic carbocycles. The van der Waals surface area contributed by atoms with E-state index in [1.54, 1.807) is 10.9 Å². The zero-order valence-corrected chi connectivity index (χ0v) is 12.9. The minimum absolute atomic E-state index is 0.167. The van der Waals surface area contributed by atoms with Crippen molar-refractivity contribution in [3.63, 3.8) is 0 Å². The largest absolute Gasteiger partial charge is 0.370 e. The van der Waals surface area contributed by atoms with Crippen LogP contribution in [0.5, 0.6) is 0 Å². The Balaban J connectivity index is 2.18. The number of nitrogens with zero attached hydrogens (tertiary/aromatic N) is 3. The fourth-order valence-corrected chi connectivity index (χ4v) is 2.77. The number of hydrogen-bond donors (Lipinski definition) is 2. The number of nitrogens with one attached hydrogen (secondary N) is 2. The standard InChI is InChI=1S/C13H19N5O2S/c1-3-6-14-13-8-12(5-7-15-13)21(19,20)17-11-9-16-18(4-2)10-11/h5,7-10,17H,3-4,6H2,1-2H3,(H,14,15). The van der Waals surface area contributed by atoms with Crippen LogP contribution in [-0.2, 0) is 16.6 Å². The molecule has 0 saturated heterocycles. The maximum Gasteiger partial charge on any atom is 0.262 e. The Morgan fingerprint density at radius 3 is 2.81 bits per heavy atom. The van der Waals surface area contributed by atoms with Gasteiger partial charge >= 0.3 is 0 Å². The highest BCUT2D eigenvalue weighted by Crippen LogP contribution is 2.17. The number of pyridine rings is 1. The third-order valence-corrected chi connectivity index (χ3v) is 4.19. The molecule has 0 aliphatic heterocycles. The molecule has 0 aliphatic rings. The molecule has 0 radical (unpaired) electrons. The van der Waals surface area contributed by atoms with Crippen LogP contribution in [0.1, 0.15) is 20.3 Å². The molecule has 0 unspecified atom stereocenters. The van der Waals surface area contributed by atoms with Gasteiger partial charge in [-0.3, -0.25) is 9.40 Å². The zero-order valence-electron chi connectivity index (χ0n) is 12.1. The molecule has 0 bridgehead atoms. The summed E-state index contributed by atoms with van der Waals surface area (Å²) in [6.07, 6.45) is 5.54. The van der Waals surface area contributed by atoms with Gasteiger partial charge in [0.15, 0.2) is 0 Å². The highest BCUT2D eigenvalue weighted by molar-refractivity contribution is 7.92. The first-order chi connectivity index (χ1) is 10.0. The summed E-state index contributed by atoms with van der Waals surface area (Å²) in [5, 5.41) is 7.10. The second-order valence-electron chi connectivity index (χ2n) is 4.49. The third kappa shape index (κ3) is 3.94. The molecule has 7 nitrogen and oxygen atoms in total. The van der Waals surface area contributed by atoms with E-state index in [2.05, 4.69) is 20.1 Å². The van der Waals surface area contributed by atoms with E-state index in [9.17, 15) is 8.42 Å². The smallest absolute Gasteiger partial charge is 0.262 e. The number of rotatable bonds is 7. The summed E-state index contributed by atoms with van der Waals surface area (Å²) >= 11 is 0. The van der Waals surface area contributed by atoms with Crippen molar-refractivity contribution in [3.05, 3.63) is 30.7 Å². The minimum atomic E-state index is -3.64. The molecule has 2 aromatic heterocycles. The van der Waals surface area contributed by atoms with Crippen LogP contribution in [0.4, 0.5) is 11.5 Å². The van der Waals surface area contributed by atoms with Crippen LogP contribution in [0.15, 0.2) is 35.6 Å². The highest BCUT2D eigenvalue weighted by Gasteiger charge is 2.16. The van der Waals surface area contributed by atoms with Crippen LogP contribution >= 0.6 is 0 Å². The molecule has 0 spiro atoms. The Labute approximate surface area is 124 Å². The summed E-state index contributed by atoms with van der Waals surface area (Å²) in [4.78, 5) is 4.26. The number of aromatic nitrogens is 3. The first-order valence-electron chi connectivity index (χ1n) is 6.80. The molecular weight excluding hydrogens is 290 g/mol. The molecule has 0 fully saturated rings. The van der Waals surface area contributed by atoms with E-state index in [1.165, 1.54) is 24.5 Å². The second kappa shape index (κ2) is 6.57. The Bertz CT molecular complexity index is 696. The van der Waals surface area contributed by atoms with Crippen LogP contribution in [0, 0.1) is 0 Å². The van der Waals surface area contributed by atoms with Crippen LogP contribution < -0.4 is 10.0 Å². The Kier molecular flexibility index (Phi) is 4.79. The monoisotopic (exact) mass is 309 g/mol. The second-order valence-corrected chi connectivity index (χ2v) is 6.18. The first kappa shape index (κ1) is 15.3. The first-order valence-corrected chi connectivity index (χ1v) is 8.28. The molecule has 21 heavy (non-hydrogen) atoms. The average molecular weight is 309 g/mol. The summed E-state index contributed by atoms with van der Waals surface area (Å²) < 4.78 is 28.8. The van der Waals surface area contributed by atoms with Crippen molar-refractivity contribution in [1.29, 1.82) is 0 Å². The molecular formula is C13H19N5O2S. The molecule has 0 aromatic carbocycles. The lowest BCUT2D eigenvalue weighted by atomic mass is 10.4. The van der Waals surface area contributed by atoms with E-state index >= 15 is 0 Å². The lowest BCUT2D eigenvalue weighted by Crippen LogP contribution is -2.13. The van der Waals surface area contributed by atoms with E-state index in [0.29, 0.717) is 18.1 Å². The Hall–Kier alpha value is -2.09. The van der Waals surface area contributed by atoms with Gasteiger partial charge in [0.1, 0.15) is 5.82 Å². The van der Waals surface area contributed by atoms with E-state index < -0.39 is 10.0 Å². The average Bonchev–Trinajstić information content (AvgIpc) is 2.92. The number of sulfonamides is 1. The Morgan fingerprint density at radius 1 is 1.33 bits per heavy atom. The lowest BCUT2D eigenvalue weighted by Gasteiger charge is -2.08. The van der Waals surface area contributed by atoms with Gasteiger partial charge in [-0.05, 0) is 19.4 Å². The van der Waals surface area contributed by atoms with E-state index in [-0.39, 0.29) is 4.90 Å². The maximum absolute atomic E-state index is 12.3. The normalized spacial score (nSPS) is 11.3. The maximum atomic E-state index is 12.3. The summed E-state index contributed by atoms with van der Waals surface area (Å²) in [7, 11) is -3.64. The van der Waals surface area contributed by atoms with Crippen molar-refractivity contribution in [2.45, 2.75) is 31.7 Å². The highest BCUT2D eigenvalue weighted by atomic mass is 32.2. The van der Waals surface area contributed by atoms with Crippen molar-refractivity contribution in [3.8, 4) is 0 Å². The number of hydrogen-bond acceptors (Lipinski definition) is 5. The van der Waals surface area contributed by atoms with Crippen LogP contribution in [0.2, 0.25) is 0 Å². The SMILES string of the molecule is CCCNc1cc(S(=O)(=O)Nc2cnn(CC)c2)ccn1. The Morgan fingerprint density at radius 2 is 2.14 bits per heavy atom. The van der Waals surface area contributed by atoms with Crippen LogP contribution in [-0.4, -0.2) is 29.7 Å². The summed E-state index contributed by atoms with van der Waals surface area (Å²) in [6.45, 7) is 5.38. The van der Waals surface area contributed by atoms with E-state index in [0.717, 1.165) is 13.0 Å². The molecule has 2 rings (SSSR count). The molecule has 0 amide bonds. The summed E-state index contributed by atoms with van der Waals surface area (Å²) in [5.74, 6) is 0.545. The predicted octanol–water partition coefficient (Wildman–Crippen LogP) is 1.92. The molecule has 2 N–H and O–H groups in total. The van der Waals surface area contributed by atoms with Crippen molar-refractivity contribution in [1.82, 2.24) is 14.8 Å². The van der Waals surface area contributed by atoms with Gasteiger partial charge in [0, 0.05) is 31.5 Å². The van der Waals surface area contributed by atoms with Crippen molar-refractivity contribution >= 4 is 21.5 Å². The fraction of sp³-hybridized carbons (Fsp3) is 0.385. The van der Waals surface area contributed by atoms with Gasteiger partial charge in [0.05, 0.1) is 16.8 Å². The van der Waals surface area contributed by atoms with Gasteiger partial charge in [-0.25, -0.2) is 13.4 Å². The van der Waals surface area contributed by atoms with Gasteiger partial charge in [0.25, 0.3) is 10.0 Å². The van der Waals surface area contributed by atoms with Gasteiger partial charge in [0.2, 0.25) is 0 Å². The van der Waals surface area contributed by atoms with Crippen molar-refractivity contribution in [2.24, 2.45) is 0 Å². The topological polar surface area (TPSA) is 88.9 Å².